The van der Waals surface area contributed by atoms with E-state index in [0.29, 0.717) is 16.1 Å². The minimum atomic E-state index is 0.628. The molecule has 0 radical (unpaired) electrons. The molecule has 0 bridgehead atoms. The summed E-state index contributed by atoms with van der Waals surface area (Å²) >= 11 is 4.74. The zero-order valence-electron chi connectivity index (χ0n) is 8.40. The van der Waals surface area contributed by atoms with Crippen LogP contribution in [0.4, 0.5) is 0 Å². The Labute approximate surface area is 121 Å². The first-order valence-electron chi connectivity index (χ1n) is 4.50. The van der Waals surface area contributed by atoms with Crippen molar-refractivity contribution in [3.8, 4) is 0 Å². The van der Waals surface area contributed by atoms with E-state index in [9.17, 15) is 0 Å². The third kappa shape index (κ3) is 11.2. The number of rotatable bonds is 5. The molecule has 0 aromatic heterocycles. The summed E-state index contributed by atoms with van der Waals surface area (Å²) in [4.78, 5) is 0. The Morgan fingerprint density at radius 1 is 1.27 bits per heavy atom. The van der Waals surface area contributed by atoms with E-state index in [1.807, 2.05) is 18.2 Å². The molecular weight excluding hydrogens is 453 g/mol. The van der Waals surface area contributed by atoms with Crippen molar-refractivity contribution in [3.63, 3.8) is 0 Å². The minimum absolute atomic E-state index is 0.628. The Morgan fingerprint density at radius 2 is 1.87 bits per heavy atom. The van der Waals surface area contributed by atoms with Gasteiger partial charge >= 0.3 is 49.4 Å². The summed E-state index contributed by atoms with van der Waals surface area (Å²) in [6.07, 6.45) is 2.75. The van der Waals surface area contributed by atoms with Crippen LogP contribution in [0.3, 0.4) is 0 Å². The van der Waals surface area contributed by atoms with Gasteiger partial charge in [-0.15, -0.1) is 6.58 Å². The van der Waals surface area contributed by atoms with Gasteiger partial charge < -0.3 is 4.74 Å². The predicted molar refractivity (Wildman–Crippen MR) is 79.2 cm³/mol. The molecule has 0 aliphatic rings. The zero-order valence-corrected chi connectivity index (χ0v) is 14.1. The normalized spacial score (nSPS) is 8.67. The molecule has 0 atom stereocenters. The molecule has 4 heteroatoms. The van der Waals surface area contributed by atoms with Crippen molar-refractivity contribution in [2.75, 3.05) is 13.2 Å². The Morgan fingerprint density at radius 3 is 2.40 bits per heavy atom. The number of benzene rings is 1. The van der Waals surface area contributed by atoms with Gasteiger partial charge in [-0.3, -0.25) is 0 Å². The quantitative estimate of drug-likeness (QED) is 0.359. The second-order valence-electron chi connectivity index (χ2n) is 2.66. The average Bonchev–Trinajstić information content (AvgIpc) is 2.27. The van der Waals surface area contributed by atoms with E-state index in [0.717, 1.165) is 13.0 Å². The molecule has 1 rings (SSSR count). The second kappa shape index (κ2) is 13.0. The molecule has 1 aromatic rings. The molecule has 0 N–H and O–H groups in total. The number of halogens is 2. The Kier molecular flexibility index (Phi) is 13.9. The first-order chi connectivity index (χ1) is 7.35. The van der Waals surface area contributed by atoms with Gasteiger partial charge in [0, 0.05) is 0 Å². The summed E-state index contributed by atoms with van der Waals surface area (Å²) in [5, 5.41) is 0. The maximum absolute atomic E-state index is 5.27. The summed E-state index contributed by atoms with van der Waals surface area (Å²) in [5.74, 6) is 0. The topological polar surface area (TPSA) is 9.23 Å². The van der Waals surface area contributed by atoms with Crippen molar-refractivity contribution in [2.24, 2.45) is 0 Å². The fourth-order valence-corrected chi connectivity index (χ4v) is 1.00. The molecule has 0 heterocycles. The molecule has 1 nitrogen and oxygen atoms in total. The second-order valence-corrected chi connectivity index (χ2v) is 14.5. The zero-order chi connectivity index (χ0) is 11.4. The third-order valence-electron chi connectivity index (χ3n) is 1.61. The molecular formula is C11H14I2OV. The van der Waals surface area contributed by atoms with Gasteiger partial charge in [-0.1, -0.05) is 36.4 Å². The Balaban J connectivity index is 0.000000583. The predicted octanol–water partition coefficient (Wildman–Crippen LogP) is 4.20. The molecule has 0 saturated carbocycles. The van der Waals surface area contributed by atoms with Gasteiger partial charge in [-0.2, -0.15) is 0 Å². The first kappa shape index (κ1) is 16.0. The van der Waals surface area contributed by atoms with E-state index in [4.69, 9.17) is 4.74 Å². The molecule has 83 valence electrons. The van der Waals surface area contributed by atoms with Crippen LogP contribution >= 0.6 is 40.0 Å². The van der Waals surface area contributed by atoms with Crippen LogP contribution in [0.2, 0.25) is 0 Å². The van der Waals surface area contributed by atoms with Crippen molar-refractivity contribution < 1.29 is 14.2 Å². The van der Waals surface area contributed by atoms with Gasteiger partial charge in [0.25, 0.3) is 0 Å². The van der Waals surface area contributed by atoms with Crippen LogP contribution in [0.5, 0.6) is 0 Å². The van der Waals surface area contributed by atoms with Crippen molar-refractivity contribution in [3.05, 3.63) is 48.6 Å². The Hall–Kier alpha value is 0.964. The molecule has 0 fully saturated rings. The van der Waals surface area contributed by atoms with Gasteiger partial charge in [0.1, 0.15) is 0 Å². The molecule has 0 saturated heterocycles. The molecule has 1 aromatic carbocycles. The first-order valence-corrected chi connectivity index (χ1v) is 13.5. The summed E-state index contributed by atoms with van der Waals surface area (Å²) in [5.41, 5.74) is 1.32. The number of ether oxygens (including phenoxy) is 1. The van der Waals surface area contributed by atoms with Crippen molar-refractivity contribution >= 4 is 40.0 Å². The molecule has 0 aliphatic carbocycles. The SMILES string of the molecule is C=CCOCCc1ccccc1.[I][V][I]. The van der Waals surface area contributed by atoms with Crippen LogP contribution in [-0.2, 0) is 20.6 Å². The number of hydrogen-bond donors (Lipinski definition) is 0. The van der Waals surface area contributed by atoms with E-state index < -0.39 is 0 Å². The van der Waals surface area contributed by atoms with Crippen LogP contribution in [0, 0.1) is 0 Å². The number of hydrogen-bond acceptors (Lipinski definition) is 1. The summed E-state index contributed by atoms with van der Waals surface area (Å²) < 4.78 is 5.27. The van der Waals surface area contributed by atoms with Gasteiger partial charge in [-0.05, 0) is 12.0 Å². The van der Waals surface area contributed by atoms with E-state index in [1.165, 1.54) is 5.56 Å². The van der Waals surface area contributed by atoms with Crippen LogP contribution in [0.25, 0.3) is 0 Å². The van der Waals surface area contributed by atoms with E-state index in [-0.39, 0.29) is 0 Å². The van der Waals surface area contributed by atoms with Crippen molar-refractivity contribution in [2.45, 2.75) is 6.42 Å². The standard InChI is InChI=1S/C11H14O.2HI.V/c1-2-9-12-10-8-11-6-4-3-5-7-11;;;/h2-7H,1,8-10H2;2*1H;/q;;;+2/p-2. The molecule has 15 heavy (non-hydrogen) atoms. The average molecular weight is 467 g/mol. The van der Waals surface area contributed by atoms with Gasteiger partial charge in [0.2, 0.25) is 0 Å². The molecule has 0 unspecified atom stereocenters. The van der Waals surface area contributed by atoms with Crippen LogP contribution < -0.4 is 0 Å². The summed E-state index contributed by atoms with van der Waals surface area (Å²) in [6, 6.07) is 10.3. The van der Waals surface area contributed by atoms with Gasteiger partial charge in [-0.25, -0.2) is 0 Å². The van der Waals surface area contributed by atoms with Crippen molar-refractivity contribution in [1.82, 2.24) is 0 Å². The molecule has 0 spiro atoms. The van der Waals surface area contributed by atoms with E-state index in [2.05, 4.69) is 58.7 Å². The molecule has 0 amide bonds. The maximum atomic E-state index is 5.27. The van der Waals surface area contributed by atoms with Gasteiger partial charge in [0.15, 0.2) is 0 Å². The summed E-state index contributed by atoms with van der Waals surface area (Å²) in [7, 11) is 0.628. The summed E-state index contributed by atoms with van der Waals surface area (Å²) in [6.45, 7) is 5.00. The van der Waals surface area contributed by atoms with E-state index >= 15 is 0 Å². The fourth-order valence-electron chi connectivity index (χ4n) is 1.00. The monoisotopic (exact) mass is 467 g/mol. The van der Waals surface area contributed by atoms with Crippen LogP contribution in [0.15, 0.2) is 43.0 Å². The Bertz CT molecular complexity index is 242. The van der Waals surface area contributed by atoms with Crippen molar-refractivity contribution in [1.29, 1.82) is 0 Å². The fraction of sp³-hybridized carbons (Fsp3) is 0.273. The third-order valence-corrected chi connectivity index (χ3v) is 1.61. The van der Waals surface area contributed by atoms with Gasteiger partial charge in [0.05, 0.1) is 13.2 Å². The molecule has 0 aliphatic heterocycles. The van der Waals surface area contributed by atoms with Crippen LogP contribution in [-0.4, -0.2) is 13.2 Å². The van der Waals surface area contributed by atoms with E-state index in [1.54, 1.807) is 6.08 Å². The van der Waals surface area contributed by atoms with Crippen LogP contribution in [0.1, 0.15) is 5.56 Å².